The van der Waals surface area contributed by atoms with Crippen molar-refractivity contribution in [3.63, 3.8) is 0 Å². The Bertz CT molecular complexity index is 854. The molecule has 26 heavy (non-hydrogen) atoms. The number of piperazine rings is 1. The molecular formula is C20H21N5O. The third kappa shape index (κ3) is 3.59. The van der Waals surface area contributed by atoms with Gasteiger partial charge >= 0.3 is 0 Å². The number of carbonyl (C=O) groups excluding carboxylic acids is 1. The van der Waals surface area contributed by atoms with Gasteiger partial charge in [-0.3, -0.25) is 14.5 Å². The Hall–Kier alpha value is -3.15. The van der Waals surface area contributed by atoms with E-state index < -0.39 is 0 Å². The van der Waals surface area contributed by atoms with Crippen LogP contribution in [0.5, 0.6) is 0 Å². The van der Waals surface area contributed by atoms with Crippen molar-refractivity contribution in [2.45, 2.75) is 6.54 Å². The van der Waals surface area contributed by atoms with Crippen LogP contribution in [0, 0.1) is 0 Å². The summed E-state index contributed by atoms with van der Waals surface area (Å²) in [5, 5.41) is 4.34. The number of rotatable bonds is 4. The largest absolute Gasteiger partial charge is 0.368 e. The first-order chi connectivity index (χ1) is 12.8. The fraction of sp³-hybridized carbons (Fsp3) is 0.250. The molecule has 0 spiro atoms. The Kier molecular flexibility index (Phi) is 4.64. The van der Waals surface area contributed by atoms with E-state index in [1.54, 1.807) is 18.6 Å². The lowest BCUT2D eigenvalue weighted by Gasteiger charge is -2.35. The summed E-state index contributed by atoms with van der Waals surface area (Å²) in [6.07, 6.45) is 7.10. The number of aromatic nitrogens is 3. The van der Waals surface area contributed by atoms with Crippen molar-refractivity contribution < 1.29 is 4.79 Å². The molecule has 132 valence electrons. The summed E-state index contributed by atoms with van der Waals surface area (Å²) in [5.74, 6) is 0.0543. The molecule has 1 aliphatic heterocycles. The molecule has 0 N–H and O–H groups in total. The second-order valence-corrected chi connectivity index (χ2v) is 6.40. The predicted molar refractivity (Wildman–Crippen MR) is 100 cm³/mol. The molecule has 3 aromatic rings. The lowest BCUT2D eigenvalue weighted by Crippen LogP contribution is -2.48. The van der Waals surface area contributed by atoms with E-state index in [0.717, 1.165) is 18.8 Å². The highest BCUT2D eigenvalue weighted by molar-refractivity contribution is 5.93. The normalized spacial score (nSPS) is 14.5. The average molecular weight is 347 g/mol. The Morgan fingerprint density at radius 1 is 0.962 bits per heavy atom. The van der Waals surface area contributed by atoms with Gasteiger partial charge in [0.15, 0.2) is 0 Å². The first-order valence-corrected chi connectivity index (χ1v) is 8.80. The fourth-order valence-electron chi connectivity index (χ4n) is 3.24. The zero-order chi connectivity index (χ0) is 17.8. The number of carbonyl (C=O) groups is 1. The number of hydrogen-bond acceptors (Lipinski definition) is 4. The molecule has 3 heterocycles. The molecule has 4 rings (SSSR count). The van der Waals surface area contributed by atoms with Crippen LogP contribution in [-0.2, 0) is 6.54 Å². The maximum atomic E-state index is 12.8. The van der Waals surface area contributed by atoms with E-state index in [0.29, 0.717) is 25.2 Å². The van der Waals surface area contributed by atoms with E-state index in [4.69, 9.17) is 0 Å². The highest BCUT2D eigenvalue weighted by Gasteiger charge is 2.23. The zero-order valence-electron chi connectivity index (χ0n) is 14.5. The summed E-state index contributed by atoms with van der Waals surface area (Å²) >= 11 is 0. The molecule has 1 aliphatic rings. The summed E-state index contributed by atoms with van der Waals surface area (Å²) in [6.45, 7) is 3.75. The molecule has 1 fully saturated rings. The van der Waals surface area contributed by atoms with Crippen LogP contribution in [0.15, 0.2) is 67.3 Å². The molecule has 1 saturated heterocycles. The molecule has 2 aromatic heterocycles. The SMILES string of the molecule is O=C(c1cnn(Cc2ccccc2)c1)N1CCN(c2ccncc2)CC1. The number of nitrogens with zero attached hydrogens (tertiary/aromatic N) is 5. The summed E-state index contributed by atoms with van der Waals surface area (Å²) in [6, 6.07) is 14.1. The molecule has 0 unspecified atom stereocenters. The molecule has 0 saturated carbocycles. The van der Waals surface area contributed by atoms with Gasteiger partial charge in [-0.1, -0.05) is 30.3 Å². The Balaban J connectivity index is 1.37. The lowest BCUT2D eigenvalue weighted by molar-refractivity contribution is 0.0746. The van der Waals surface area contributed by atoms with E-state index >= 15 is 0 Å². The van der Waals surface area contributed by atoms with E-state index in [-0.39, 0.29) is 5.91 Å². The van der Waals surface area contributed by atoms with Crippen LogP contribution in [0.1, 0.15) is 15.9 Å². The number of pyridine rings is 1. The quantitative estimate of drug-likeness (QED) is 0.727. The van der Waals surface area contributed by atoms with Gasteiger partial charge in [-0.25, -0.2) is 0 Å². The smallest absolute Gasteiger partial charge is 0.257 e. The molecule has 0 atom stereocenters. The van der Waals surface area contributed by atoms with Crippen LogP contribution in [0.3, 0.4) is 0 Å². The van der Waals surface area contributed by atoms with Crippen molar-refractivity contribution in [3.05, 3.63) is 78.4 Å². The van der Waals surface area contributed by atoms with Crippen LogP contribution in [0.2, 0.25) is 0 Å². The van der Waals surface area contributed by atoms with Gasteiger partial charge in [-0.05, 0) is 17.7 Å². The average Bonchev–Trinajstić information content (AvgIpc) is 3.17. The minimum absolute atomic E-state index is 0.0543. The Labute approximate surface area is 152 Å². The summed E-state index contributed by atoms with van der Waals surface area (Å²) < 4.78 is 1.82. The van der Waals surface area contributed by atoms with Gasteiger partial charge in [-0.15, -0.1) is 0 Å². The minimum atomic E-state index is 0.0543. The van der Waals surface area contributed by atoms with Crippen LogP contribution in [0.25, 0.3) is 0 Å². The van der Waals surface area contributed by atoms with Gasteiger partial charge in [0.1, 0.15) is 0 Å². The molecular weight excluding hydrogens is 326 g/mol. The Morgan fingerprint density at radius 3 is 2.42 bits per heavy atom. The van der Waals surface area contributed by atoms with Crippen molar-refractivity contribution in [3.8, 4) is 0 Å². The van der Waals surface area contributed by atoms with Gasteiger partial charge in [-0.2, -0.15) is 5.10 Å². The maximum absolute atomic E-state index is 12.8. The molecule has 0 bridgehead atoms. The number of hydrogen-bond donors (Lipinski definition) is 0. The molecule has 1 aromatic carbocycles. The zero-order valence-corrected chi connectivity index (χ0v) is 14.5. The third-order valence-corrected chi connectivity index (χ3v) is 4.66. The number of anilines is 1. The van der Waals surface area contributed by atoms with Crippen molar-refractivity contribution in [1.29, 1.82) is 0 Å². The molecule has 0 radical (unpaired) electrons. The van der Waals surface area contributed by atoms with Crippen molar-refractivity contribution in [1.82, 2.24) is 19.7 Å². The van der Waals surface area contributed by atoms with Crippen molar-refractivity contribution >= 4 is 11.6 Å². The van der Waals surface area contributed by atoms with Crippen LogP contribution in [-0.4, -0.2) is 51.8 Å². The van der Waals surface area contributed by atoms with Gasteiger partial charge < -0.3 is 9.80 Å². The Morgan fingerprint density at radius 2 is 1.69 bits per heavy atom. The second-order valence-electron chi connectivity index (χ2n) is 6.40. The van der Waals surface area contributed by atoms with Gasteiger partial charge in [0.25, 0.3) is 5.91 Å². The van der Waals surface area contributed by atoms with Gasteiger partial charge in [0.2, 0.25) is 0 Å². The topological polar surface area (TPSA) is 54.3 Å². The van der Waals surface area contributed by atoms with Crippen LogP contribution >= 0.6 is 0 Å². The number of amides is 1. The fourth-order valence-corrected chi connectivity index (χ4v) is 3.24. The standard InChI is InChI=1S/C20H21N5O/c26-20(18-14-22-25(16-18)15-17-4-2-1-3-5-17)24-12-10-23(11-13-24)19-6-8-21-9-7-19/h1-9,14,16H,10-13,15H2. The van der Waals surface area contributed by atoms with Crippen molar-refractivity contribution in [2.75, 3.05) is 31.1 Å². The van der Waals surface area contributed by atoms with Gasteiger partial charge in [0, 0.05) is 50.5 Å². The first-order valence-electron chi connectivity index (χ1n) is 8.80. The summed E-state index contributed by atoms with van der Waals surface area (Å²) in [7, 11) is 0. The lowest BCUT2D eigenvalue weighted by atomic mass is 10.2. The van der Waals surface area contributed by atoms with E-state index in [2.05, 4.69) is 27.1 Å². The van der Waals surface area contributed by atoms with E-state index in [1.165, 1.54) is 5.56 Å². The summed E-state index contributed by atoms with van der Waals surface area (Å²) in [4.78, 5) is 21.0. The molecule has 6 nitrogen and oxygen atoms in total. The monoisotopic (exact) mass is 347 g/mol. The second kappa shape index (κ2) is 7.39. The molecule has 1 amide bonds. The third-order valence-electron chi connectivity index (χ3n) is 4.66. The molecule has 6 heteroatoms. The highest BCUT2D eigenvalue weighted by atomic mass is 16.2. The van der Waals surface area contributed by atoms with Crippen molar-refractivity contribution in [2.24, 2.45) is 0 Å². The predicted octanol–water partition coefficient (Wildman–Crippen LogP) is 2.29. The van der Waals surface area contributed by atoms with E-state index in [9.17, 15) is 4.79 Å². The highest BCUT2D eigenvalue weighted by Crippen LogP contribution is 2.16. The number of benzene rings is 1. The van der Waals surface area contributed by atoms with Crippen LogP contribution < -0.4 is 4.90 Å². The van der Waals surface area contributed by atoms with Crippen LogP contribution in [0.4, 0.5) is 5.69 Å². The minimum Gasteiger partial charge on any atom is -0.368 e. The maximum Gasteiger partial charge on any atom is 0.257 e. The molecule has 0 aliphatic carbocycles. The summed E-state index contributed by atoms with van der Waals surface area (Å²) in [5.41, 5.74) is 2.97. The first kappa shape index (κ1) is 16.3. The van der Waals surface area contributed by atoms with E-state index in [1.807, 2.05) is 46.1 Å². The van der Waals surface area contributed by atoms with Gasteiger partial charge in [0.05, 0.1) is 18.3 Å².